The number of hydrogen-bond donors (Lipinski definition) is 0. The lowest BCUT2D eigenvalue weighted by atomic mass is 9.99. The molecule has 128 valence electrons. The van der Waals surface area contributed by atoms with Crippen LogP contribution in [0.4, 0.5) is 5.69 Å². The average Bonchev–Trinajstić information content (AvgIpc) is 2.97. The summed E-state index contributed by atoms with van der Waals surface area (Å²) >= 11 is 0. The molecule has 1 aromatic rings. The molecule has 0 N–H and O–H groups in total. The molecular formula is C18H28N2O2S. The summed E-state index contributed by atoms with van der Waals surface area (Å²) < 4.78 is 23.1. The van der Waals surface area contributed by atoms with Gasteiger partial charge in [0.1, 0.15) is 0 Å². The minimum Gasteiger partial charge on any atom is -0.369 e. The third-order valence-corrected chi connectivity index (χ3v) is 6.71. The van der Waals surface area contributed by atoms with Crippen molar-refractivity contribution >= 4 is 15.5 Å². The fourth-order valence-corrected chi connectivity index (χ4v) is 5.00. The van der Waals surface area contributed by atoms with Gasteiger partial charge in [-0.2, -0.15) is 0 Å². The van der Waals surface area contributed by atoms with Crippen LogP contribution < -0.4 is 4.90 Å². The molecule has 2 heterocycles. The molecule has 2 aliphatic rings. The van der Waals surface area contributed by atoms with E-state index in [0.29, 0.717) is 19.1 Å². The second-order valence-electron chi connectivity index (χ2n) is 7.75. The highest BCUT2D eigenvalue weighted by atomic mass is 32.2. The minimum atomic E-state index is -2.82. The Kier molecular flexibility index (Phi) is 4.45. The van der Waals surface area contributed by atoms with E-state index in [2.05, 4.69) is 54.8 Å². The van der Waals surface area contributed by atoms with Crippen LogP contribution in [0.25, 0.3) is 0 Å². The van der Waals surface area contributed by atoms with E-state index in [1.807, 2.05) is 0 Å². The standard InChI is InChI=1S/C18H28N2O2S/c1-18(2,3)20-10-4-5-17(20)15-6-8-16(9-7-15)19-11-13-23(21,22)14-12-19/h6-9,17H,4-5,10-14H2,1-3H3. The number of benzene rings is 1. The number of nitrogens with zero attached hydrogens (tertiary/aromatic N) is 2. The molecule has 2 aliphatic heterocycles. The fraction of sp³-hybridized carbons (Fsp3) is 0.667. The smallest absolute Gasteiger partial charge is 0.153 e. The van der Waals surface area contributed by atoms with Crippen LogP contribution in [-0.4, -0.2) is 50.0 Å². The van der Waals surface area contributed by atoms with Gasteiger partial charge in [0.2, 0.25) is 0 Å². The zero-order valence-corrected chi connectivity index (χ0v) is 15.3. The number of sulfone groups is 1. The SMILES string of the molecule is CC(C)(C)N1CCCC1c1ccc(N2CCS(=O)(=O)CC2)cc1. The molecule has 0 spiro atoms. The molecule has 0 amide bonds. The molecule has 4 nitrogen and oxygen atoms in total. The van der Waals surface area contributed by atoms with E-state index in [1.165, 1.54) is 24.9 Å². The van der Waals surface area contributed by atoms with E-state index in [4.69, 9.17) is 0 Å². The molecule has 5 heteroatoms. The van der Waals surface area contributed by atoms with E-state index < -0.39 is 9.84 Å². The van der Waals surface area contributed by atoms with Crippen molar-refractivity contribution in [2.75, 3.05) is 36.0 Å². The highest BCUT2D eigenvalue weighted by Gasteiger charge is 2.33. The predicted octanol–water partition coefficient (Wildman–Crippen LogP) is 2.86. The lowest BCUT2D eigenvalue weighted by molar-refractivity contribution is 0.121. The van der Waals surface area contributed by atoms with Crippen molar-refractivity contribution in [1.29, 1.82) is 0 Å². The molecule has 2 fully saturated rings. The van der Waals surface area contributed by atoms with Crippen molar-refractivity contribution in [2.45, 2.75) is 45.2 Å². The van der Waals surface area contributed by atoms with Gasteiger partial charge in [-0.15, -0.1) is 0 Å². The Morgan fingerprint density at radius 2 is 1.61 bits per heavy atom. The lowest BCUT2D eigenvalue weighted by Crippen LogP contribution is -2.41. The molecule has 0 bridgehead atoms. The van der Waals surface area contributed by atoms with Crippen molar-refractivity contribution in [3.05, 3.63) is 29.8 Å². The number of likely N-dealkylation sites (tertiary alicyclic amines) is 1. The van der Waals surface area contributed by atoms with Crippen molar-refractivity contribution < 1.29 is 8.42 Å². The van der Waals surface area contributed by atoms with E-state index >= 15 is 0 Å². The summed E-state index contributed by atoms with van der Waals surface area (Å²) in [4.78, 5) is 4.77. The van der Waals surface area contributed by atoms with Gasteiger partial charge < -0.3 is 4.90 Å². The van der Waals surface area contributed by atoms with Crippen LogP contribution >= 0.6 is 0 Å². The maximum absolute atomic E-state index is 11.6. The molecule has 0 aromatic heterocycles. The van der Waals surface area contributed by atoms with Crippen LogP contribution in [0.5, 0.6) is 0 Å². The largest absolute Gasteiger partial charge is 0.369 e. The molecular weight excluding hydrogens is 308 g/mol. The summed E-state index contributed by atoms with van der Waals surface area (Å²) in [6.07, 6.45) is 2.48. The van der Waals surface area contributed by atoms with E-state index in [1.54, 1.807) is 0 Å². The van der Waals surface area contributed by atoms with Crippen LogP contribution in [-0.2, 0) is 9.84 Å². The van der Waals surface area contributed by atoms with Crippen molar-refractivity contribution in [2.24, 2.45) is 0 Å². The molecule has 23 heavy (non-hydrogen) atoms. The Bertz CT molecular complexity index is 633. The summed E-state index contributed by atoms with van der Waals surface area (Å²) in [6, 6.07) is 9.28. The molecule has 1 unspecified atom stereocenters. The molecule has 2 saturated heterocycles. The third kappa shape index (κ3) is 3.72. The predicted molar refractivity (Wildman–Crippen MR) is 95.7 cm³/mol. The first kappa shape index (κ1) is 16.8. The van der Waals surface area contributed by atoms with Gasteiger partial charge in [-0.3, -0.25) is 4.90 Å². The number of rotatable bonds is 2. The van der Waals surface area contributed by atoms with Gasteiger partial charge in [-0.1, -0.05) is 12.1 Å². The van der Waals surface area contributed by atoms with Crippen LogP contribution in [0.1, 0.15) is 45.2 Å². The Morgan fingerprint density at radius 1 is 1.00 bits per heavy atom. The van der Waals surface area contributed by atoms with Gasteiger partial charge in [0.25, 0.3) is 0 Å². The summed E-state index contributed by atoms with van der Waals surface area (Å²) in [7, 11) is -2.82. The third-order valence-electron chi connectivity index (χ3n) is 5.10. The zero-order chi connectivity index (χ0) is 16.7. The zero-order valence-electron chi connectivity index (χ0n) is 14.5. The van der Waals surface area contributed by atoms with Crippen LogP contribution in [0.2, 0.25) is 0 Å². The van der Waals surface area contributed by atoms with Crippen LogP contribution in [0.15, 0.2) is 24.3 Å². The Balaban J connectivity index is 1.72. The molecule has 0 saturated carbocycles. The normalized spacial score (nSPS) is 25.7. The molecule has 1 aromatic carbocycles. The van der Waals surface area contributed by atoms with Crippen LogP contribution in [0.3, 0.4) is 0 Å². The first-order valence-corrected chi connectivity index (χ1v) is 10.4. The quantitative estimate of drug-likeness (QED) is 0.833. The Morgan fingerprint density at radius 3 is 2.17 bits per heavy atom. The highest BCUT2D eigenvalue weighted by molar-refractivity contribution is 7.91. The van der Waals surface area contributed by atoms with Gasteiger partial charge in [0, 0.05) is 30.4 Å². The number of anilines is 1. The second-order valence-corrected chi connectivity index (χ2v) is 10.1. The van der Waals surface area contributed by atoms with Gasteiger partial charge >= 0.3 is 0 Å². The van der Waals surface area contributed by atoms with Gasteiger partial charge in [0.05, 0.1) is 11.5 Å². The van der Waals surface area contributed by atoms with Gasteiger partial charge in [0.15, 0.2) is 9.84 Å². The first-order valence-electron chi connectivity index (χ1n) is 8.58. The maximum Gasteiger partial charge on any atom is 0.153 e. The first-order chi connectivity index (χ1) is 10.8. The van der Waals surface area contributed by atoms with Gasteiger partial charge in [-0.25, -0.2) is 8.42 Å². The lowest BCUT2D eigenvalue weighted by Gasteiger charge is -2.37. The second kappa shape index (κ2) is 6.10. The summed E-state index contributed by atoms with van der Waals surface area (Å²) in [5, 5.41) is 0. The molecule has 3 rings (SSSR count). The minimum absolute atomic E-state index is 0.196. The molecule has 0 aliphatic carbocycles. The topological polar surface area (TPSA) is 40.6 Å². The highest BCUT2D eigenvalue weighted by Crippen LogP contribution is 2.37. The van der Waals surface area contributed by atoms with E-state index in [9.17, 15) is 8.42 Å². The summed E-state index contributed by atoms with van der Waals surface area (Å²) in [5.41, 5.74) is 2.72. The fourth-order valence-electron chi connectivity index (χ4n) is 3.79. The maximum atomic E-state index is 11.6. The molecule has 1 atom stereocenters. The Labute approximate surface area is 140 Å². The van der Waals surface area contributed by atoms with Crippen molar-refractivity contribution in [1.82, 2.24) is 4.90 Å². The van der Waals surface area contributed by atoms with Crippen molar-refractivity contribution in [3.8, 4) is 0 Å². The van der Waals surface area contributed by atoms with E-state index in [0.717, 1.165) is 5.69 Å². The average molecular weight is 337 g/mol. The monoisotopic (exact) mass is 336 g/mol. The Hall–Kier alpha value is -1.07. The summed E-state index contributed by atoms with van der Waals surface area (Å²) in [6.45, 7) is 9.24. The van der Waals surface area contributed by atoms with Crippen molar-refractivity contribution in [3.63, 3.8) is 0 Å². The van der Waals surface area contributed by atoms with Crippen LogP contribution in [0, 0.1) is 0 Å². The van der Waals surface area contributed by atoms with Gasteiger partial charge in [-0.05, 0) is 57.9 Å². The summed E-state index contributed by atoms with van der Waals surface area (Å²) in [5.74, 6) is 0.546. The molecule has 0 radical (unpaired) electrons. The number of hydrogen-bond acceptors (Lipinski definition) is 4. The van der Waals surface area contributed by atoms with E-state index in [-0.39, 0.29) is 17.0 Å².